The molecule has 1 aromatic carbocycles. The summed E-state index contributed by atoms with van der Waals surface area (Å²) in [5.74, 6) is 0. The molecule has 1 aromatic heterocycles. The highest BCUT2D eigenvalue weighted by Crippen LogP contribution is 2.32. The van der Waals surface area contributed by atoms with Crippen LogP contribution in [-0.4, -0.2) is 21.8 Å². The van der Waals surface area contributed by atoms with E-state index in [1.54, 1.807) is 0 Å². The van der Waals surface area contributed by atoms with Crippen LogP contribution in [-0.2, 0) is 0 Å². The molecule has 0 radical (unpaired) electrons. The molecule has 0 spiro atoms. The van der Waals surface area contributed by atoms with Crippen molar-refractivity contribution in [2.24, 2.45) is 0 Å². The standard InChI is InChI=1S/C8H7BrIN2P.C3H6.CH4O/c1-5-2-7(9)6-4-11-12(13-10)8(6)3-5;1-2-3-1;1-2/h2-4,13H,1H3;1-3H2;2H,1H3. The van der Waals surface area contributed by atoms with Gasteiger partial charge < -0.3 is 5.11 Å². The number of hydrogen-bond donors (Lipinski definition) is 1. The van der Waals surface area contributed by atoms with Gasteiger partial charge in [-0.05, 0) is 46.7 Å². The maximum absolute atomic E-state index is 7.00. The van der Waals surface area contributed by atoms with Gasteiger partial charge in [-0.3, -0.25) is 0 Å². The summed E-state index contributed by atoms with van der Waals surface area (Å²) in [6.07, 6.45) is 7.06. The highest BCUT2D eigenvalue weighted by atomic mass is 127. The lowest BCUT2D eigenvalue weighted by atomic mass is 10.2. The molecule has 1 aliphatic carbocycles. The van der Waals surface area contributed by atoms with Crippen molar-refractivity contribution in [1.82, 2.24) is 9.55 Å². The largest absolute Gasteiger partial charge is 0.400 e. The lowest BCUT2D eigenvalue weighted by Gasteiger charge is -2.00. The van der Waals surface area contributed by atoms with Crippen molar-refractivity contribution in [3.8, 4) is 0 Å². The van der Waals surface area contributed by atoms with Crippen molar-refractivity contribution in [2.45, 2.75) is 26.2 Å². The van der Waals surface area contributed by atoms with E-state index in [4.69, 9.17) is 5.11 Å². The first kappa shape index (κ1) is 16.3. The molecular weight excluding hydrogens is 426 g/mol. The SMILES string of the molecule is C1CC1.CO.Cc1cc(Br)c2cnn(PI)c2c1. The van der Waals surface area contributed by atoms with Crippen LogP contribution in [0.15, 0.2) is 22.8 Å². The van der Waals surface area contributed by atoms with Crippen molar-refractivity contribution < 1.29 is 5.11 Å². The lowest BCUT2D eigenvalue weighted by molar-refractivity contribution is 0.399. The minimum Gasteiger partial charge on any atom is -0.400 e. The molecule has 1 unspecified atom stereocenters. The normalized spacial score (nSPS) is 12.9. The molecule has 1 saturated carbocycles. The Labute approximate surface area is 131 Å². The Balaban J connectivity index is 0.000000276. The summed E-state index contributed by atoms with van der Waals surface area (Å²) >= 11 is 5.87. The van der Waals surface area contributed by atoms with E-state index in [0.29, 0.717) is 6.37 Å². The Morgan fingerprint density at radius 2 is 1.94 bits per heavy atom. The second-order valence-corrected chi connectivity index (χ2v) is 6.78. The second-order valence-electron chi connectivity index (χ2n) is 3.88. The number of benzene rings is 1. The van der Waals surface area contributed by atoms with Crippen molar-refractivity contribution in [3.05, 3.63) is 28.4 Å². The van der Waals surface area contributed by atoms with Gasteiger partial charge in [-0.2, -0.15) is 5.10 Å². The van der Waals surface area contributed by atoms with Crippen LogP contribution in [0.25, 0.3) is 10.9 Å². The summed E-state index contributed by atoms with van der Waals surface area (Å²) in [4.78, 5) is 0. The van der Waals surface area contributed by atoms with Crippen LogP contribution in [0.4, 0.5) is 0 Å². The average molecular weight is 443 g/mol. The lowest BCUT2D eigenvalue weighted by Crippen LogP contribution is -1.82. The number of rotatable bonds is 1. The number of aliphatic hydroxyl groups excluding tert-OH is 1. The molecule has 1 heterocycles. The molecule has 6 heteroatoms. The number of halogens is 2. The van der Waals surface area contributed by atoms with Gasteiger partial charge in [0.25, 0.3) is 0 Å². The number of hydrogen-bond acceptors (Lipinski definition) is 2. The summed E-state index contributed by atoms with van der Waals surface area (Å²) in [6.45, 7) is 2.10. The van der Waals surface area contributed by atoms with Gasteiger partial charge in [0.1, 0.15) is 0 Å². The summed E-state index contributed by atoms with van der Waals surface area (Å²) < 4.78 is 3.15. The Bertz CT molecular complexity index is 499. The fourth-order valence-electron chi connectivity index (χ4n) is 1.28. The predicted octanol–water partition coefficient (Wildman–Crippen LogP) is 4.68. The zero-order valence-corrected chi connectivity index (χ0v) is 15.2. The van der Waals surface area contributed by atoms with E-state index in [1.807, 2.05) is 10.6 Å². The first-order valence-corrected chi connectivity index (χ1v) is 10.5. The van der Waals surface area contributed by atoms with E-state index in [9.17, 15) is 0 Å². The zero-order valence-electron chi connectivity index (χ0n) is 10.5. The molecule has 1 fully saturated rings. The topological polar surface area (TPSA) is 38.1 Å². The fourth-order valence-corrected chi connectivity index (χ4v) is 3.48. The minimum atomic E-state index is 0.656. The van der Waals surface area contributed by atoms with Gasteiger partial charge in [0.2, 0.25) is 0 Å². The van der Waals surface area contributed by atoms with E-state index >= 15 is 0 Å². The number of aliphatic hydroxyl groups is 1. The molecule has 3 rings (SSSR count). The van der Waals surface area contributed by atoms with Gasteiger partial charge in [-0.1, -0.05) is 35.2 Å². The average Bonchev–Trinajstić information content (AvgIpc) is 3.19. The highest BCUT2D eigenvalue weighted by molar-refractivity contribution is 14.2. The van der Waals surface area contributed by atoms with Gasteiger partial charge in [0, 0.05) is 17.0 Å². The van der Waals surface area contributed by atoms with Crippen LogP contribution in [0, 0.1) is 6.92 Å². The summed E-state index contributed by atoms with van der Waals surface area (Å²) in [7, 11) is 1.00. The van der Waals surface area contributed by atoms with E-state index < -0.39 is 0 Å². The first-order chi connectivity index (χ1) is 8.72. The summed E-state index contributed by atoms with van der Waals surface area (Å²) in [5, 5.41) is 12.5. The van der Waals surface area contributed by atoms with Gasteiger partial charge in [-0.25, -0.2) is 4.45 Å². The molecule has 1 N–H and O–H groups in total. The third kappa shape index (κ3) is 4.76. The van der Waals surface area contributed by atoms with Gasteiger partial charge in [0.05, 0.1) is 18.1 Å². The van der Waals surface area contributed by atoms with Crippen LogP contribution in [0.1, 0.15) is 24.8 Å². The van der Waals surface area contributed by atoms with E-state index in [2.05, 4.69) is 62.1 Å². The van der Waals surface area contributed by atoms with Gasteiger partial charge in [-0.15, -0.1) is 0 Å². The molecule has 18 heavy (non-hydrogen) atoms. The van der Waals surface area contributed by atoms with E-state index in [0.717, 1.165) is 11.6 Å². The van der Waals surface area contributed by atoms with Gasteiger partial charge in [0.15, 0.2) is 0 Å². The summed E-state index contributed by atoms with van der Waals surface area (Å²) in [5.41, 5.74) is 2.47. The van der Waals surface area contributed by atoms with Crippen LogP contribution in [0.3, 0.4) is 0 Å². The molecule has 100 valence electrons. The fraction of sp³-hybridized carbons (Fsp3) is 0.417. The monoisotopic (exact) mass is 442 g/mol. The molecule has 3 nitrogen and oxygen atoms in total. The second kappa shape index (κ2) is 8.46. The number of aryl methyl sites for hydroxylation is 1. The van der Waals surface area contributed by atoms with Crippen molar-refractivity contribution in [2.75, 3.05) is 7.11 Å². The van der Waals surface area contributed by atoms with Gasteiger partial charge >= 0.3 is 0 Å². The first-order valence-electron chi connectivity index (χ1n) is 5.67. The molecule has 0 aliphatic heterocycles. The quantitative estimate of drug-likeness (QED) is 0.514. The van der Waals surface area contributed by atoms with Crippen molar-refractivity contribution in [3.63, 3.8) is 0 Å². The number of aromatic nitrogens is 2. The van der Waals surface area contributed by atoms with Crippen LogP contribution < -0.4 is 0 Å². The van der Waals surface area contributed by atoms with E-state index in [1.165, 1.54) is 35.7 Å². The maximum Gasteiger partial charge on any atom is 0.0743 e. The van der Waals surface area contributed by atoms with Crippen LogP contribution >= 0.6 is 44.3 Å². The van der Waals surface area contributed by atoms with Crippen molar-refractivity contribution >= 4 is 55.2 Å². The smallest absolute Gasteiger partial charge is 0.0743 e. The van der Waals surface area contributed by atoms with Crippen molar-refractivity contribution in [1.29, 1.82) is 0 Å². The zero-order chi connectivity index (χ0) is 13.5. The Hall–Kier alpha value is 0.290. The molecular formula is C12H17BrIN2OP. The third-order valence-corrected chi connectivity index (χ3v) is 4.76. The Morgan fingerprint density at radius 1 is 1.33 bits per heavy atom. The van der Waals surface area contributed by atoms with Crippen LogP contribution in [0.5, 0.6) is 0 Å². The molecule has 0 saturated heterocycles. The highest BCUT2D eigenvalue weighted by Gasteiger charge is 2.05. The number of nitrogens with zero attached hydrogens (tertiary/aromatic N) is 2. The van der Waals surface area contributed by atoms with E-state index in [-0.39, 0.29) is 0 Å². The molecule has 0 amide bonds. The summed E-state index contributed by atoms with van der Waals surface area (Å²) in [6, 6.07) is 4.28. The molecule has 1 atom stereocenters. The minimum absolute atomic E-state index is 0.656. The molecule has 0 bridgehead atoms. The Kier molecular flexibility index (Phi) is 7.68. The molecule has 1 aliphatic rings. The maximum atomic E-state index is 7.00. The predicted molar refractivity (Wildman–Crippen MR) is 91.9 cm³/mol. The van der Waals surface area contributed by atoms with Crippen LogP contribution in [0.2, 0.25) is 0 Å². The molecule has 2 aromatic rings. The Morgan fingerprint density at radius 3 is 2.44 bits per heavy atom. The third-order valence-electron chi connectivity index (χ3n) is 2.22. The number of fused-ring (bicyclic) bond motifs is 1.